The standard InChI is InChI=1S/C19H28O5/c1-4-17(18(21)6-5-11-20)19(22)14(2)12-24-13-15-7-9-16(23-3)10-8-15/h4,7-10,14,17-18,20-21H,1,5-6,11-13H2,2-3H3/t14-,17-,18-/m1/s1. The molecule has 1 aromatic carbocycles. The molecular formula is C19H28O5. The van der Waals surface area contributed by atoms with Crippen LogP contribution in [0.25, 0.3) is 0 Å². The lowest BCUT2D eigenvalue weighted by atomic mass is 9.88. The van der Waals surface area contributed by atoms with Crippen LogP contribution in [0.3, 0.4) is 0 Å². The van der Waals surface area contributed by atoms with E-state index in [4.69, 9.17) is 14.6 Å². The van der Waals surface area contributed by atoms with Crippen LogP contribution in [-0.4, -0.2) is 42.4 Å². The van der Waals surface area contributed by atoms with Gasteiger partial charge < -0.3 is 19.7 Å². The van der Waals surface area contributed by atoms with Gasteiger partial charge in [0.25, 0.3) is 0 Å². The Morgan fingerprint density at radius 2 is 2.00 bits per heavy atom. The number of ether oxygens (including phenoxy) is 2. The number of ketones is 1. The molecule has 24 heavy (non-hydrogen) atoms. The lowest BCUT2D eigenvalue weighted by Crippen LogP contribution is -2.32. The summed E-state index contributed by atoms with van der Waals surface area (Å²) in [6.45, 7) is 6.11. The number of methoxy groups -OCH3 is 1. The van der Waals surface area contributed by atoms with E-state index in [1.807, 2.05) is 24.3 Å². The lowest BCUT2D eigenvalue weighted by molar-refractivity contribution is -0.130. The van der Waals surface area contributed by atoms with Gasteiger partial charge in [-0.05, 0) is 30.5 Å². The Labute approximate surface area is 143 Å². The number of benzene rings is 1. The Morgan fingerprint density at radius 1 is 1.33 bits per heavy atom. The molecule has 2 N–H and O–H groups in total. The van der Waals surface area contributed by atoms with Crippen LogP contribution in [0.4, 0.5) is 0 Å². The van der Waals surface area contributed by atoms with Crippen LogP contribution in [0.5, 0.6) is 5.75 Å². The van der Waals surface area contributed by atoms with Gasteiger partial charge in [0, 0.05) is 12.5 Å². The van der Waals surface area contributed by atoms with Crippen LogP contribution in [0, 0.1) is 11.8 Å². The van der Waals surface area contributed by atoms with Gasteiger partial charge in [-0.2, -0.15) is 0 Å². The fourth-order valence-corrected chi connectivity index (χ4v) is 2.43. The maximum Gasteiger partial charge on any atom is 0.147 e. The Kier molecular flexibility index (Phi) is 9.30. The summed E-state index contributed by atoms with van der Waals surface area (Å²) in [4.78, 5) is 12.4. The minimum atomic E-state index is -0.814. The minimum absolute atomic E-state index is 0.00433. The van der Waals surface area contributed by atoms with E-state index >= 15 is 0 Å². The largest absolute Gasteiger partial charge is 0.497 e. The third-order valence-corrected chi connectivity index (χ3v) is 3.94. The van der Waals surface area contributed by atoms with Gasteiger partial charge in [-0.1, -0.05) is 25.1 Å². The van der Waals surface area contributed by atoms with E-state index in [1.165, 1.54) is 6.08 Å². The number of carbonyl (C=O) groups is 1. The lowest BCUT2D eigenvalue weighted by Gasteiger charge is -2.21. The average Bonchev–Trinajstić information content (AvgIpc) is 2.60. The molecule has 0 unspecified atom stereocenters. The van der Waals surface area contributed by atoms with Crippen LogP contribution in [0.15, 0.2) is 36.9 Å². The first-order chi connectivity index (χ1) is 11.5. The fraction of sp³-hybridized carbons (Fsp3) is 0.526. The highest BCUT2D eigenvalue weighted by Gasteiger charge is 2.27. The highest BCUT2D eigenvalue weighted by atomic mass is 16.5. The van der Waals surface area contributed by atoms with Gasteiger partial charge in [-0.3, -0.25) is 4.79 Å². The van der Waals surface area contributed by atoms with Crippen LogP contribution in [-0.2, 0) is 16.1 Å². The first kappa shape index (κ1) is 20.4. The zero-order valence-electron chi connectivity index (χ0n) is 14.5. The summed E-state index contributed by atoms with van der Waals surface area (Å²) in [5.41, 5.74) is 0.999. The average molecular weight is 336 g/mol. The Hall–Kier alpha value is -1.69. The third kappa shape index (κ3) is 6.43. The molecule has 3 atom stereocenters. The molecule has 5 heteroatoms. The van der Waals surface area contributed by atoms with Crippen LogP contribution in [0.1, 0.15) is 25.3 Å². The summed E-state index contributed by atoms with van der Waals surface area (Å²) < 4.78 is 10.7. The van der Waals surface area contributed by atoms with Crippen molar-refractivity contribution in [2.75, 3.05) is 20.3 Å². The maximum absolute atomic E-state index is 12.4. The molecule has 0 aliphatic carbocycles. The summed E-state index contributed by atoms with van der Waals surface area (Å²) in [5.74, 6) is -0.274. The van der Waals surface area contributed by atoms with Crippen molar-refractivity contribution in [1.82, 2.24) is 0 Å². The first-order valence-electron chi connectivity index (χ1n) is 8.19. The van der Waals surface area contributed by atoms with Gasteiger partial charge in [-0.25, -0.2) is 0 Å². The molecule has 1 rings (SSSR count). The zero-order valence-corrected chi connectivity index (χ0v) is 14.5. The smallest absolute Gasteiger partial charge is 0.147 e. The second-order valence-corrected chi connectivity index (χ2v) is 5.86. The van der Waals surface area contributed by atoms with E-state index in [1.54, 1.807) is 14.0 Å². The summed E-state index contributed by atoms with van der Waals surface area (Å²) in [7, 11) is 1.61. The maximum atomic E-state index is 12.4. The van der Waals surface area contributed by atoms with Gasteiger partial charge in [0.1, 0.15) is 11.5 Å². The number of aliphatic hydroxyl groups is 2. The summed E-state index contributed by atoms with van der Waals surface area (Å²) in [5, 5.41) is 18.9. The molecule has 0 fully saturated rings. The highest BCUT2D eigenvalue weighted by Crippen LogP contribution is 2.18. The number of hydrogen-bond donors (Lipinski definition) is 2. The Balaban J connectivity index is 2.45. The SMILES string of the molecule is C=C[C@@H](C(=O)[C@H](C)COCc1ccc(OC)cc1)[C@H](O)CCCO. The Morgan fingerprint density at radius 3 is 2.54 bits per heavy atom. The number of Topliss-reactive ketones (excluding diaryl/α,β-unsaturated/α-hetero) is 1. The van der Waals surface area contributed by atoms with Gasteiger partial charge in [0.05, 0.1) is 32.3 Å². The van der Waals surface area contributed by atoms with Crippen LogP contribution >= 0.6 is 0 Å². The second kappa shape index (κ2) is 11.0. The monoisotopic (exact) mass is 336 g/mol. The molecule has 0 aliphatic heterocycles. The van der Waals surface area contributed by atoms with Crippen molar-refractivity contribution in [3.63, 3.8) is 0 Å². The van der Waals surface area contributed by atoms with Crippen molar-refractivity contribution in [3.05, 3.63) is 42.5 Å². The van der Waals surface area contributed by atoms with Crippen molar-refractivity contribution in [1.29, 1.82) is 0 Å². The zero-order chi connectivity index (χ0) is 17.9. The summed E-state index contributed by atoms with van der Waals surface area (Å²) in [6.07, 6.45) is 1.50. The van der Waals surface area contributed by atoms with E-state index in [0.29, 0.717) is 19.4 Å². The van der Waals surface area contributed by atoms with E-state index in [9.17, 15) is 9.90 Å². The van der Waals surface area contributed by atoms with Gasteiger partial charge in [0.15, 0.2) is 0 Å². The third-order valence-electron chi connectivity index (χ3n) is 3.94. The number of rotatable bonds is 12. The molecule has 0 aromatic heterocycles. The molecule has 134 valence electrons. The molecule has 0 bridgehead atoms. The van der Waals surface area contributed by atoms with E-state index in [-0.39, 0.29) is 24.9 Å². The normalized spacial score (nSPS) is 14.7. The molecule has 1 aromatic rings. The van der Waals surface area contributed by atoms with E-state index in [0.717, 1.165) is 11.3 Å². The molecule has 0 spiro atoms. The quantitative estimate of drug-likeness (QED) is 0.573. The predicted octanol–water partition coefficient (Wildman–Crippen LogP) is 2.35. The molecule has 0 radical (unpaired) electrons. The van der Waals surface area contributed by atoms with Gasteiger partial charge in [0.2, 0.25) is 0 Å². The fourth-order valence-electron chi connectivity index (χ4n) is 2.43. The van der Waals surface area contributed by atoms with Gasteiger partial charge in [-0.15, -0.1) is 6.58 Å². The molecule has 0 saturated heterocycles. The molecule has 0 aliphatic rings. The number of hydrogen-bond acceptors (Lipinski definition) is 5. The van der Waals surface area contributed by atoms with Crippen molar-refractivity contribution in [3.8, 4) is 5.75 Å². The molecule has 5 nitrogen and oxygen atoms in total. The first-order valence-corrected chi connectivity index (χ1v) is 8.19. The van der Waals surface area contributed by atoms with E-state index in [2.05, 4.69) is 6.58 Å². The number of carbonyl (C=O) groups excluding carboxylic acids is 1. The summed E-state index contributed by atoms with van der Waals surface area (Å²) >= 11 is 0. The van der Waals surface area contributed by atoms with Crippen LogP contribution in [0.2, 0.25) is 0 Å². The highest BCUT2D eigenvalue weighted by molar-refractivity contribution is 5.85. The van der Waals surface area contributed by atoms with Crippen molar-refractivity contribution < 1.29 is 24.5 Å². The van der Waals surface area contributed by atoms with E-state index < -0.39 is 12.0 Å². The van der Waals surface area contributed by atoms with Crippen molar-refractivity contribution >= 4 is 5.78 Å². The van der Waals surface area contributed by atoms with Gasteiger partial charge >= 0.3 is 0 Å². The Bertz CT molecular complexity index is 497. The van der Waals surface area contributed by atoms with Crippen LogP contribution < -0.4 is 4.74 Å². The van der Waals surface area contributed by atoms with Crippen molar-refractivity contribution in [2.45, 2.75) is 32.5 Å². The number of aliphatic hydroxyl groups excluding tert-OH is 2. The molecule has 0 saturated carbocycles. The van der Waals surface area contributed by atoms with Crippen molar-refractivity contribution in [2.24, 2.45) is 11.8 Å². The molecule has 0 amide bonds. The minimum Gasteiger partial charge on any atom is -0.497 e. The predicted molar refractivity (Wildman–Crippen MR) is 92.8 cm³/mol. The molecular weight excluding hydrogens is 308 g/mol. The summed E-state index contributed by atoms with van der Waals surface area (Å²) in [6, 6.07) is 7.55. The second-order valence-electron chi connectivity index (χ2n) is 5.86. The topological polar surface area (TPSA) is 76.0 Å². The molecule has 0 heterocycles.